The summed E-state index contributed by atoms with van der Waals surface area (Å²) in [7, 11) is 0. The number of amides is 1. The molecule has 3 rings (SSSR count). The van der Waals surface area contributed by atoms with Crippen molar-refractivity contribution in [2.45, 2.75) is 44.1 Å². The van der Waals surface area contributed by atoms with Crippen molar-refractivity contribution in [1.29, 1.82) is 0 Å². The van der Waals surface area contributed by atoms with Crippen LogP contribution in [-0.2, 0) is 4.79 Å². The van der Waals surface area contributed by atoms with Gasteiger partial charge in [-0.2, -0.15) is 0 Å². The lowest BCUT2D eigenvalue weighted by atomic mass is 9.86. The molecule has 1 unspecified atom stereocenters. The maximum Gasteiger partial charge on any atom is 0.230 e. The van der Waals surface area contributed by atoms with Crippen LogP contribution in [0.2, 0.25) is 0 Å². The second-order valence-electron chi connectivity index (χ2n) is 6.05. The monoisotopic (exact) mass is 288 g/mol. The molecule has 1 aliphatic heterocycles. The Kier molecular flexibility index (Phi) is 4.44. The minimum Gasteiger partial charge on any atom is -0.396 e. The van der Waals surface area contributed by atoms with E-state index in [2.05, 4.69) is 17.4 Å². The quantitative estimate of drug-likeness (QED) is 0.874. The number of anilines is 1. The lowest BCUT2D eigenvalue weighted by molar-refractivity contribution is -0.137. The van der Waals surface area contributed by atoms with E-state index in [1.807, 2.05) is 17.0 Å². The third kappa shape index (κ3) is 2.91. The van der Waals surface area contributed by atoms with Crippen LogP contribution in [0.25, 0.3) is 0 Å². The maximum atomic E-state index is 13.0. The van der Waals surface area contributed by atoms with Crippen molar-refractivity contribution in [3.63, 3.8) is 0 Å². The second kappa shape index (κ2) is 6.48. The van der Waals surface area contributed by atoms with Gasteiger partial charge >= 0.3 is 0 Å². The molecule has 0 saturated heterocycles. The summed E-state index contributed by atoms with van der Waals surface area (Å²) in [6, 6.07) is 8.53. The van der Waals surface area contributed by atoms with Crippen molar-refractivity contribution in [2.75, 3.05) is 25.0 Å². The Morgan fingerprint density at radius 2 is 2.10 bits per heavy atom. The first-order valence-electron chi connectivity index (χ1n) is 8.05. The van der Waals surface area contributed by atoms with Crippen molar-refractivity contribution in [2.24, 2.45) is 0 Å². The van der Waals surface area contributed by atoms with Gasteiger partial charge in [0.05, 0.1) is 5.92 Å². The number of carbonyl (C=O) groups is 1. The van der Waals surface area contributed by atoms with E-state index >= 15 is 0 Å². The molecular formula is C17H24N2O2. The summed E-state index contributed by atoms with van der Waals surface area (Å²) in [5.41, 5.74) is 2.22. The van der Waals surface area contributed by atoms with Crippen molar-refractivity contribution in [3.8, 4) is 0 Å². The fourth-order valence-electron chi connectivity index (χ4n) is 3.34. The third-order valence-electron chi connectivity index (χ3n) is 4.74. The number of nitrogens with one attached hydrogen (secondary N) is 1. The third-order valence-corrected chi connectivity index (χ3v) is 4.74. The largest absolute Gasteiger partial charge is 0.396 e. The van der Waals surface area contributed by atoms with Crippen LogP contribution in [0.3, 0.4) is 0 Å². The molecule has 0 radical (unpaired) electrons. The zero-order valence-electron chi connectivity index (χ0n) is 12.4. The van der Waals surface area contributed by atoms with E-state index in [0.717, 1.165) is 37.1 Å². The fourth-order valence-corrected chi connectivity index (χ4v) is 3.34. The number of para-hydroxylation sites is 1. The summed E-state index contributed by atoms with van der Waals surface area (Å²) in [5, 5.41) is 12.5. The van der Waals surface area contributed by atoms with Crippen molar-refractivity contribution < 1.29 is 9.90 Å². The van der Waals surface area contributed by atoms with Gasteiger partial charge in [-0.15, -0.1) is 0 Å². The summed E-state index contributed by atoms with van der Waals surface area (Å²) >= 11 is 0. The number of hydrogen-bond acceptors (Lipinski definition) is 3. The number of rotatable bonds is 5. The van der Waals surface area contributed by atoms with Gasteiger partial charge in [-0.25, -0.2) is 0 Å². The first-order chi connectivity index (χ1) is 10.3. The molecule has 0 aromatic heterocycles. The number of aliphatic hydroxyl groups excluding tert-OH is 1. The molecule has 2 aliphatic rings. The lowest BCUT2D eigenvalue weighted by Gasteiger charge is -2.40. The Hall–Kier alpha value is -1.55. The van der Waals surface area contributed by atoms with Crippen LogP contribution in [0.1, 0.15) is 43.6 Å². The van der Waals surface area contributed by atoms with Gasteiger partial charge in [0.15, 0.2) is 0 Å². The Morgan fingerprint density at radius 1 is 1.29 bits per heavy atom. The molecule has 1 aliphatic carbocycles. The van der Waals surface area contributed by atoms with Gasteiger partial charge in [0.1, 0.15) is 0 Å². The van der Waals surface area contributed by atoms with Crippen LogP contribution in [0.15, 0.2) is 24.3 Å². The maximum absolute atomic E-state index is 13.0. The zero-order chi connectivity index (χ0) is 14.7. The molecule has 1 atom stereocenters. The standard InChI is InChI=1S/C17H24N2O2/c20-12-4-11-19(13-5-3-6-13)17(21)15-9-10-18-16-8-2-1-7-14(15)16/h1-2,7-8,13,15,18,20H,3-6,9-12H2. The van der Waals surface area contributed by atoms with Crippen LogP contribution in [0.5, 0.6) is 0 Å². The van der Waals surface area contributed by atoms with E-state index in [1.54, 1.807) is 0 Å². The molecule has 1 saturated carbocycles. The molecular weight excluding hydrogens is 264 g/mol. The Morgan fingerprint density at radius 3 is 2.81 bits per heavy atom. The highest BCUT2D eigenvalue weighted by Crippen LogP contribution is 2.35. The van der Waals surface area contributed by atoms with Gasteiger partial charge < -0.3 is 15.3 Å². The predicted octanol–water partition coefficient (Wildman–Crippen LogP) is 2.35. The number of hydrogen-bond donors (Lipinski definition) is 2. The van der Waals surface area contributed by atoms with Gasteiger partial charge in [0.2, 0.25) is 5.91 Å². The lowest BCUT2D eigenvalue weighted by Crippen LogP contribution is -2.47. The van der Waals surface area contributed by atoms with Crippen LogP contribution >= 0.6 is 0 Å². The highest BCUT2D eigenvalue weighted by molar-refractivity contribution is 5.86. The highest BCUT2D eigenvalue weighted by atomic mass is 16.3. The first kappa shape index (κ1) is 14.4. The average Bonchev–Trinajstić information content (AvgIpc) is 2.48. The molecule has 114 valence electrons. The van der Waals surface area contributed by atoms with Gasteiger partial charge in [0, 0.05) is 31.4 Å². The number of benzene rings is 1. The second-order valence-corrected chi connectivity index (χ2v) is 6.05. The summed E-state index contributed by atoms with van der Waals surface area (Å²) in [5.74, 6) is 0.226. The van der Waals surface area contributed by atoms with Crippen molar-refractivity contribution >= 4 is 11.6 Å². The average molecular weight is 288 g/mol. The summed E-state index contributed by atoms with van der Waals surface area (Å²) < 4.78 is 0. The van der Waals surface area contributed by atoms with E-state index in [1.165, 1.54) is 6.42 Å². The minimum atomic E-state index is -0.0262. The molecule has 1 fully saturated rings. The number of aliphatic hydroxyl groups is 1. The molecule has 2 N–H and O–H groups in total. The van der Waals surface area contributed by atoms with Gasteiger partial charge in [0.25, 0.3) is 0 Å². The Bertz CT molecular complexity index is 499. The zero-order valence-corrected chi connectivity index (χ0v) is 12.4. The van der Waals surface area contributed by atoms with E-state index in [4.69, 9.17) is 5.11 Å². The highest BCUT2D eigenvalue weighted by Gasteiger charge is 2.34. The topological polar surface area (TPSA) is 52.6 Å². The van der Waals surface area contributed by atoms with E-state index in [9.17, 15) is 4.79 Å². The Balaban J connectivity index is 1.79. The fraction of sp³-hybridized carbons (Fsp3) is 0.588. The van der Waals surface area contributed by atoms with Crippen LogP contribution in [0.4, 0.5) is 5.69 Å². The molecule has 1 amide bonds. The summed E-state index contributed by atoms with van der Waals surface area (Å²) in [6.07, 6.45) is 4.98. The predicted molar refractivity (Wildman–Crippen MR) is 83.3 cm³/mol. The first-order valence-corrected chi connectivity index (χ1v) is 8.05. The van der Waals surface area contributed by atoms with Crippen LogP contribution in [0, 0.1) is 0 Å². The normalized spacial score (nSPS) is 21.1. The smallest absolute Gasteiger partial charge is 0.230 e. The molecule has 1 heterocycles. The van der Waals surface area contributed by atoms with Gasteiger partial charge in [-0.05, 0) is 43.7 Å². The number of nitrogens with zero attached hydrogens (tertiary/aromatic N) is 1. The van der Waals surface area contributed by atoms with Gasteiger partial charge in [-0.1, -0.05) is 18.2 Å². The molecule has 4 heteroatoms. The molecule has 21 heavy (non-hydrogen) atoms. The molecule has 1 aromatic carbocycles. The van der Waals surface area contributed by atoms with Crippen molar-refractivity contribution in [1.82, 2.24) is 4.90 Å². The van der Waals surface area contributed by atoms with Crippen molar-refractivity contribution in [3.05, 3.63) is 29.8 Å². The Labute approximate surface area is 126 Å². The molecule has 0 bridgehead atoms. The van der Waals surface area contributed by atoms with Gasteiger partial charge in [-0.3, -0.25) is 4.79 Å². The summed E-state index contributed by atoms with van der Waals surface area (Å²) in [4.78, 5) is 15.1. The minimum absolute atomic E-state index is 0.0262. The van der Waals surface area contributed by atoms with Crippen LogP contribution in [-0.4, -0.2) is 41.7 Å². The molecule has 0 spiro atoms. The van der Waals surface area contributed by atoms with E-state index < -0.39 is 0 Å². The van der Waals surface area contributed by atoms with E-state index in [0.29, 0.717) is 19.0 Å². The molecule has 4 nitrogen and oxygen atoms in total. The number of fused-ring (bicyclic) bond motifs is 1. The van der Waals surface area contributed by atoms with E-state index in [-0.39, 0.29) is 18.4 Å². The van der Waals surface area contributed by atoms with Crippen LogP contribution < -0.4 is 5.32 Å². The molecule has 1 aromatic rings. The SMILES string of the molecule is O=C(C1CCNc2ccccc21)N(CCCO)C1CCC1. The number of carbonyl (C=O) groups excluding carboxylic acids is 1. The summed E-state index contributed by atoms with van der Waals surface area (Å²) in [6.45, 7) is 1.69.